The van der Waals surface area contributed by atoms with Gasteiger partial charge in [0.2, 0.25) is 0 Å². The van der Waals surface area contributed by atoms with E-state index in [-0.39, 0.29) is 6.10 Å². The molecule has 0 aliphatic rings. The van der Waals surface area contributed by atoms with Crippen LogP contribution >= 0.6 is 22.6 Å². The molecule has 0 saturated heterocycles. The van der Waals surface area contributed by atoms with Crippen LogP contribution in [0.2, 0.25) is 0 Å². The van der Waals surface area contributed by atoms with E-state index in [0.717, 1.165) is 0 Å². The molecule has 0 saturated carbocycles. The first-order chi connectivity index (χ1) is 3.81. The van der Waals surface area contributed by atoms with Gasteiger partial charge in [0.25, 0.3) is 0 Å². The lowest BCUT2D eigenvalue weighted by molar-refractivity contribution is 0.227. The molecule has 0 aromatic carbocycles. The number of rotatable bonds is 3. The third-order valence-corrected chi connectivity index (χ3v) is 1.12. The zero-order valence-electron chi connectivity index (χ0n) is 4.55. The number of hydrogen-bond acceptors (Lipinski definition) is 1. The molecule has 0 radical (unpaired) electrons. The highest BCUT2D eigenvalue weighted by Gasteiger charge is 1.90. The van der Waals surface area contributed by atoms with E-state index < -0.39 is 0 Å². The molecule has 1 nitrogen and oxygen atoms in total. The predicted molar refractivity (Wildman–Crippen MR) is 44.0 cm³/mol. The Morgan fingerprint density at radius 3 is 2.75 bits per heavy atom. The maximum Gasteiger partial charge on any atom is 0.0762 e. The molecule has 0 heterocycles. The van der Waals surface area contributed by atoms with Crippen LogP contribution < -0.4 is 0 Å². The molecule has 0 spiro atoms. The third kappa shape index (κ3) is 4.33. The zero-order chi connectivity index (χ0) is 6.41. The highest BCUT2D eigenvalue weighted by Crippen LogP contribution is 1.95. The Balaban J connectivity index is 3.31. The minimum atomic E-state index is -0.343. The Bertz CT molecular complexity index is 88.5. The van der Waals surface area contributed by atoms with Gasteiger partial charge in [-0.05, 0) is 16.6 Å². The van der Waals surface area contributed by atoms with Crippen molar-refractivity contribution in [3.8, 4) is 0 Å². The van der Waals surface area contributed by atoms with Crippen LogP contribution in [0.4, 0.5) is 0 Å². The predicted octanol–water partition coefficient (Wildman–Crippen LogP) is 1.87. The molecule has 0 aliphatic carbocycles. The van der Waals surface area contributed by atoms with Gasteiger partial charge in [-0.15, -0.1) is 6.58 Å². The van der Waals surface area contributed by atoms with E-state index in [2.05, 4.69) is 29.2 Å². The van der Waals surface area contributed by atoms with Crippen LogP contribution in [0.1, 0.15) is 6.42 Å². The van der Waals surface area contributed by atoms with E-state index in [4.69, 9.17) is 5.11 Å². The molecule has 1 N–H and O–H groups in total. The van der Waals surface area contributed by atoms with Gasteiger partial charge in [-0.2, -0.15) is 0 Å². The van der Waals surface area contributed by atoms with Crippen molar-refractivity contribution in [3.63, 3.8) is 0 Å². The molecule has 0 amide bonds. The maximum absolute atomic E-state index is 8.89. The van der Waals surface area contributed by atoms with Crippen molar-refractivity contribution in [3.05, 3.63) is 22.8 Å². The smallest absolute Gasteiger partial charge is 0.0762 e. The second kappa shape index (κ2) is 5.31. The van der Waals surface area contributed by atoms with Crippen molar-refractivity contribution in [2.24, 2.45) is 0 Å². The van der Waals surface area contributed by atoms with Crippen molar-refractivity contribution >= 4 is 22.6 Å². The summed E-state index contributed by atoms with van der Waals surface area (Å²) >= 11 is 2.07. The van der Waals surface area contributed by atoms with Gasteiger partial charge in [0.15, 0.2) is 0 Å². The van der Waals surface area contributed by atoms with E-state index in [1.807, 2.05) is 0 Å². The first-order valence-corrected chi connectivity index (χ1v) is 3.61. The van der Waals surface area contributed by atoms with Gasteiger partial charge in [0, 0.05) is 0 Å². The van der Waals surface area contributed by atoms with E-state index >= 15 is 0 Å². The molecule has 2 heteroatoms. The number of aliphatic hydroxyl groups is 1. The third-order valence-electron chi connectivity index (χ3n) is 0.703. The van der Waals surface area contributed by atoms with Gasteiger partial charge in [-0.1, -0.05) is 28.7 Å². The van der Waals surface area contributed by atoms with Gasteiger partial charge in [-0.3, -0.25) is 0 Å². The van der Waals surface area contributed by atoms with Crippen molar-refractivity contribution < 1.29 is 5.11 Å². The van der Waals surface area contributed by atoms with Crippen LogP contribution in [-0.2, 0) is 0 Å². The summed E-state index contributed by atoms with van der Waals surface area (Å²) in [6.07, 6.45) is 3.72. The number of halogens is 1. The molecule has 0 bridgehead atoms. The average molecular weight is 224 g/mol. The van der Waals surface area contributed by atoms with E-state index in [1.54, 1.807) is 16.2 Å². The summed E-state index contributed by atoms with van der Waals surface area (Å²) in [4.78, 5) is 0. The van der Waals surface area contributed by atoms with Crippen LogP contribution in [0.25, 0.3) is 0 Å². The summed E-state index contributed by atoms with van der Waals surface area (Å²) in [5, 5.41) is 8.89. The average Bonchev–Trinajstić information content (AvgIpc) is 1.68. The standard InChI is InChI=1S/C6H9IO/c1-2-3-6(8)4-5-7/h2,4-6,8H,1,3H2/b5-4+/t6-/m1/s1. The highest BCUT2D eigenvalue weighted by atomic mass is 127. The Morgan fingerprint density at radius 1 is 1.75 bits per heavy atom. The number of hydrogen-bond donors (Lipinski definition) is 1. The van der Waals surface area contributed by atoms with Gasteiger partial charge >= 0.3 is 0 Å². The van der Waals surface area contributed by atoms with E-state index in [9.17, 15) is 0 Å². The molecular formula is C6H9IO. The second-order valence-electron chi connectivity index (χ2n) is 1.41. The summed E-state index contributed by atoms with van der Waals surface area (Å²) in [5.41, 5.74) is 0. The van der Waals surface area contributed by atoms with Crippen LogP contribution in [-0.4, -0.2) is 11.2 Å². The Kier molecular flexibility index (Phi) is 5.42. The lowest BCUT2D eigenvalue weighted by Crippen LogP contribution is -1.97. The van der Waals surface area contributed by atoms with Crippen LogP contribution in [0.15, 0.2) is 22.8 Å². The summed E-state index contributed by atoms with van der Waals surface area (Å²) in [6, 6.07) is 0. The largest absolute Gasteiger partial charge is 0.389 e. The Morgan fingerprint density at radius 2 is 2.38 bits per heavy atom. The molecule has 0 rings (SSSR count). The van der Waals surface area contributed by atoms with Crippen molar-refractivity contribution in [1.82, 2.24) is 0 Å². The summed E-state index contributed by atoms with van der Waals surface area (Å²) in [6.45, 7) is 3.49. The van der Waals surface area contributed by atoms with Crippen molar-refractivity contribution in [1.29, 1.82) is 0 Å². The lowest BCUT2D eigenvalue weighted by Gasteiger charge is -1.96. The fraction of sp³-hybridized carbons (Fsp3) is 0.333. The summed E-state index contributed by atoms with van der Waals surface area (Å²) < 4.78 is 1.80. The van der Waals surface area contributed by atoms with Gasteiger partial charge in [-0.25, -0.2) is 0 Å². The first kappa shape index (κ1) is 8.17. The molecule has 0 unspecified atom stereocenters. The Labute approximate surface area is 63.2 Å². The van der Waals surface area contributed by atoms with E-state index in [0.29, 0.717) is 6.42 Å². The monoisotopic (exact) mass is 224 g/mol. The van der Waals surface area contributed by atoms with Crippen LogP contribution in [0.3, 0.4) is 0 Å². The van der Waals surface area contributed by atoms with E-state index in [1.165, 1.54) is 0 Å². The quantitative estimate of drug-likeness (QED) is 0.573. The minimum Gasteiger partial charge on any atom is -0.389 e. The minimum absolute atomic E-state index is 0.343. The highest BCUT2D eigenvalue weighted by molar-refractivity contribution is 14.1. The van der Waals surface area contributed by atoms with Gasteiger partial charge in [0.05, 0.1) is 6.10 Å². The molecule has 0 fully saturated rings. The second-order valence-corrected chi connectivity index (χ2v) is 2.13. The van der Waals surface area contributed by atoms with Crippen molar-refractivity contribution in [2.75, 3.05) is 0 Å². The summed E-state index contributed by atoms with van der Waals surface area (Å²) in [5.74, 6) is 0. The SMILES string of the molecule is C=CC[C@@H](O)/C=C/I. The fourth-order valence-electron chi connectivity index (χ4n) is 0.333. The summed E-state index contributed by atoms with van der Waals surface area (Å²) in [7, 11) is 0. The molecule has 0 aliphatic heterocycles. The molecular weight excluding hydrogens is 215 g/mol. The fourth-order valence-corrected chi connectivity index (χ4v) is 0.813. The molecule has 46 valence electrons. The molecule has 8 heavy (non-hydrogen) atoms. The number of aliphatic hydroxyl groups excluding tert-OH is 1. The Hall–Kier alpha value is 0.170. The lowest BCUT2D eigenvalue weighted by atomic mass is 10.2. The maximum atomic E-state index is 8.89. The molecule has 0 aromatic heterocycles. The van der Waals surface area contributed by atoms with Crippen molar-refractivity contribution in [2.45, 2.75) is 12.5 Å². The molecule has 1 atom stereocenters. The van der Waals surface area contributed by atoms with Gasteiger partial charge in [0.1, 0.15) is 0 Å². The van der Waals surface area contributed by atoms with Crippen LogP contribution in [0.5, 0.6) is 0 Å². The van der Waals surface area contributed by atoms with Crippen LogP contribution in [0, 0.1) is 0 Å². The van der Waals surface area contributed by atoms with Gasteiger partial charge < -0.3 is 5.11 Å². The first-order valence-electron chi connectivity index (χ1n) is 2.37. The topological polar surface area (TPSA) is 20.2 Å². The normalized spacial score (nSPS) is 14.2. The zero-order valence-corrected chi connectivity index (χ0v) is 6.71. The molecule has 0 aromatic rings.